The van der Waals surface area contributed by atoms with Gasteiger partial charge < -0.3 is 45.4 Å². The van der Waals surface area contributed by atoms with E-state index in [1.54, 1.807) is 21.9 Å². The maximum atomic E-state index is 12.7. The van der Waals surface area contributed by atoms with Crippen LogP contribution in [0.2, 0.25) is 0 Å². The number of carbonyl (C=O) groups excluding carboxylic acids is 1. The fraction of sp³-hybridized carbons (Fsp3) is 0.368. The van der Waals surface area contributed by atoms with Crippen molar-refractivity contribution in [3.63, 3.8) is 0 Å². The number of carbonyl (C=O) groups is 3. The van der Waals surface area contributed by atoms with E-state index in [-0.39, 0.29) is 17.3 Å². The molecule has 13 heteroatoms. The van der Waals surface area contributed by atoms with Crippen LogP contribution < -0.4 is 19.9 Å². The van der Waals surface area contributed by atoms with Crippen molar-refractivity contribution in [2.75, 3.05) is 47.5 Å². The van der Waals surface area contributed by atoms with Gasteiger partial charge in [-0.3, -0.25) is 10.2 Å². The van der Waals surface area contributed by atoms with Crippen LogP contribution in [0.15, 0.2) is 24.3 Å². The first-order valence-corrected chi connectivity index (χ1v) is 8.96. The Labute approximate surface area is 184 Å². The van der Waals surface area contributed by atoms with Crippen LogP contribution in [0.25, 0.3) is 0 Å². The number of nitrogens with one attached hydrogen (secondary N) is 1. The molecule has 7 N–H and O–H groups in total. The first-order chi connectivity index (χ1) is 14.6. The molecule has 2 rings (SSSR count). The average molecular weight is 456 g/mol. The molecule has 32 heavy (non-hydrogen) atoms. The lowest BCUT2D eigenvalue weighted by Gasteiger charge is -2.35. The molecule has 0 radical (unpaired) electrons. The number of methoxy groups -OCH3 is 3. The molecule has 1 aliphatic rings. The summed E-state index contributed by atoms with van der Waals surface area (Å²) in [7, 11) is 4.54. The van der Waals surface area contributed by atoms with Crippen molar-refractivity contribution in [1.29, 1.82) is 5.41 Å². The van der Waals surface area contributed by atoms with Gasteiger partial charge in [-0.15, -0.1) is 0 Å². The van der Waals surface area contributed by atoms with Gasteiger partial charge in [0.2, 0.25) is 5.75 Å². The predicted octanol–water partition coefficient (Wildman–Crippen LogP) is -0.749. The minimum absolute atomic E-state index is 0. The van der Waals surface area contributed by atoms with Gasteiger partial charge in [0.15, 0.2) is 17.5 Å². The Balaban J connectivity index is 0.000000917. The second-order valence-corrected chi connectivity index (χ2v) is 6.09. The summed E-state index contributed by atoms with van der Waals surface area (Å²) >= 11 is 0. The van der Waals surface area contributed by atoms with Gasteiger partial charge in [0.25, 0.3) is 5.91 Å². The minimum atomic E-state index is -1.26. The van der Waals surface area contributed by atoms with Gasteiger partial charge in [-0.25, -0.2) is 9.59 Å². The highest BCUT2D eigenvalue weighted by molar-refractivity contribution is 5.96. The SMILES string of the molecule is COc1cc(C(=O)N2CCN(C(=N)N)CC2)cc(OC)c1OC.O.O=C(O)/C=C/C(=O)O. The van der Waals surface area contributed by atoms with Crippen LogP contribution in [0.1, 0.15) is 10.4 Å². The highest BCUT2D eigenvalue weighted by atomic mass is 16.5. The Bertz CT molecular complexity index is 808. The lowest BCUT2D eigenvalue weighted by atomic mass is 10.1. The Morgan fingerprint density at radius 3 is 1.62 bits per heavy atom. The van der Waals surface area contributed by atoms with Crippen LogP contribution in [0.3, 0.4) is 0 Å². The van der Waals surface area contributed by atoms with E-state index in [0.29, 0.717) is 61.1 Å². The fourth-order valence-electron chi connectivity index (χ4n) is 2.68. The predicted molar refractivity (Wildman–Crippen MR) is 114 cm³/mol. The zero-order chi connectivity index (χ0) is 23.6. The Morgan fingerprint density at radius 1 is 0.906 bits per heavy atom. The van der Waals surface area contributed by atoms with E-state index in [1.807, 2.05) is 0 Å². The molecule has 13 nitrogen and oxygen atoms in total. The lowest BCUT2D eigenvalue weighted by Crippen LogP contribution is -2.52. The number of nitrogens with zero attached hydrogens (tertiary/aromatic N) is 2. The third kappa shape index (κ3) is 8.02. The molecule has 1 aromatic carbocycles. The molecule has 0 aliphatic carbocycles. The van der Waals surface area contributed by atoms with Gasteiger partial charge in [0, 0.05) is 43.9 Å². The van der Waals surface area contributed by atoms with Gasteiger partial charge in [-0.1, -0.05) is 0 Å². The molecule has 1 aromatic rings. The average Bonchev–Trinajstić information content (AvgIpc) is 2.76. The Morgan fingerprint density at radius 2 is 1.31 bits per heavy atom. The van der Waals surface area contributed by atoms with Crippen molar-refractivity contribution >= 4 is 23.8 Å². The van der Waals surface area contributed by atoms with Crippen LogP contribution in [0.4, 0.5) is 0 Å². The van der Waals surface area contributed by atoms with Crippen molar-refractivity contribution in [1.82, 2.24) is 9.80 Å². The van der Waals surface area contributed by atoms with Crippen LogP contribution in [0.5, 0.6) is 17.2 Å². The minimum Gasteiger partial charge on any atom is -0.493 e. The highest BCUT2D eigenvalue weighted by Gasteiger charge is 2.25. The number of aliphatic carboxylic acids is 2. The quantitative estimate of drug-likeness (QED) is 0.239. The van der Waals surface area contributed by atoms with Crippen molar-refractivity contribution in [2.24, 2.45) is 5.73 Å². The number of carboxylic acids is 2. The molecule has 0 spiro atoms. The van der Waals surface area contributed by atoms with Crippen LogP contribution in [-0.2, 0) is 9.59 Å². The van der Waals surface area contributed by atoms with Crippen molar-refractivity contribution in [3.05, 3.63) is 29.8 Å². The van der Waals surface area contributed by atoms with Crippen molar-refractivity contribution in [3.8, 4) is 17.2 Å². The maximum Gasteiger partial charge on any atom is 0.328 e. The summed E-state index contributed by atoms with van der Waals surface area (Å²) in [6.45, 7) is 2.11. The molecular weight excluding hydrogens is 428 g/mol. The lowest BCUT2D eigenvalue weighted by molar-refractivity contribution is -0.134. The van der Waals surface area contributed by atoms with E-state index in [0.717, 1.165) is 0 Å². The second kappa shape index (κ2) is 13.3. The van der Waals surface area contributed by atoms with E-state index >= 15 is 0 Å². The summed E-state index contributed by atoms with van der Waals surface area (Å²) in [5, 5.41) is 23.1. The molecular formula is C19H28N4O9. The summed E-state index contributed by atoms with van der Waals surface area (Å²) in [5.41, 5.74) is 5.93. The first kappa shape index (κ1) is 28.0. The van der Waals surface area contributed by atoms with E-state index in [4.69, 9.17) is 35.6 Å². The summed E-state index contributed by atoms with van der Waals surface area (Å²) in [6, 6.07) is 3.28. The van der Waals surface area contributed by atoms with Gasteiger partial charge in [-0.05, 0) is 12.1 Å². The summed E-state index contributed by atoms with van der Waals surface area (Å²) in [5.74, 6) is -1.26. The van der Waals surface area contributed by atoms with Gasteiger partial charge in [0.05, 0.1) is 21.3 Å². The van der Waals surface area contributed by atoms with E-state index in [9.17, 15) is 14.4 Å². The summed E-state index contributed by atoms with van der Waals surface area (Å²) in [4.78, 5) is 35.2. The highest BCUT2D eigenvalue weighted by Crippen LogP contribution is 2.38. The van der Waals surface area contributed by atoms with Gasteiger partial charge >= 0.3 is 11.9 Å². The zero-order valence-corrected chi connectivity index (χ0v) is 18.0. The van der Waals surface area contributed by atoms with Gasteiger partial charge in [0.1, 0.15) is 0 Å². The number of amides is 1. The first-order valence-electron chi connectivity index (χ1n) is 8.96. The normalized spacial score (nSPS) is 12.7. The van der Waals surface area contributed by atoms with E-state index in [2.05, 4.69) is 0 Å². The third-order valence-electron chi connectivity index (χ3n) is 4.19. The molecule has 1 amide bonds. The number of piperazine rings is 1. The molecule has 0 bridgehead atoms. The number of carboxylic acid groups (broad SMARTS) is 2. The number of guanidine groups is 1. The zero-order valence-electron chi connectivity index (χ0n) is 18.0. The molecule has 1 aliphatic heterocycles. The smallest absolute Gasteiger partial charge is 0.328 e. The van der Waals surface area contributed by atoms with Crippen LogP contribution in [0, 0.1) is 5.41 Å². The standard InChI is InChI=1S/C15H22N4O4.C4H4O4.H2O/c1-21-11-8-10(9-12(22-2)13(11)23-3)14(20)18-4-6-19(7-5-18)15(16)17;5-3(6)1-2-4(7)8;/h8-9H,4-7H2,1-3H3,(H3,16,17);1-2H,(H,5,6)(H,7,8);1H2/b;2-1+;. The molecule has 1 saturated heterocycles. The molecule has 1 heterocycles. The topological polar surface area (TPSA) is 207 Å². The number of ether oxygens (including phenoxy) is 3. The molecule has 0 saturated carbocycles. The number of hydrogen-bond donors (Lipinski definition) is 4. The molecule has 0 aromatic heterocycles. The fourth-order valence-corrected chi connectivity index (χ4v) is 2.68. The number of hydrogen-bond acceptors (Lipinski definition) is 7. The Hall–Kier alpha value is -4.00. The summed E-state index contributed by atoms with van der Waals surface area (Å²) < 4.78 is 15.8. The van der Waals surface area contributed by atoms with Crippen LogP contribution in [-0.4, -0.2) is 96.8 Å². The number of nitrogens with two attached hydrogens (primary N) is 1. The molecule has 1 fully saturated rings. The second-order valence-electron chi connectivity index (χ2n) is 6.09. The largest absolute Gasteiger partial charge is 0.493 e. The number of rotatable bonds is 6. The number of benzene rings is 1. The van der Waals surface area contributed by atoms with Crippen molar-refractivity contribution in [2.45, 2.75) is 0 Å². The molecule has 0 unspecified atom stereocenters. The Kier molecular flexibility index (Phi) is 11.7. The van der Waals surface area contributed by atoms with Crippen molar-refractivity contribution < 1.29 is 44.3 Å². The molecule has 178 valence electrons. The van der Waals surface area contributed by atoms with Crippen LogP contribution >= 0.6 is 0 Å². The van der Waals surface area contributed by atoms with Gasteiger partial charge in [-0.2, -0.15) is 0 Å². The molecule has 0 atom stereocenters. The van der Waals surface area contributed by atoms with E-state index in [1.165, 1.54) is 21.3 Å². The third-order valence-corrected chi connectivity index (χ3v) is 4.19. The monoisotopic (exact) mass is 456 g/mol. The summed E-state index contributed by atoms with van der Waals surface area (Å²) in [6.07, 6.45) is 1.12. The maximum absolute atomic E-state index is 12.7. The van der Waals surface area contributed by atoms with E-state index < -0.39 is 11.9 Å².